The van der Waals surface area contributed by atoms with Crippen molar-refractivity contribution in [3.05, 3.63) is 28.8 Å². The van der Waals surface area contributed by atoms with Crippen molar-refractivity contribution in [2.45, 2.75) is 45.1 Å². The molecule has 3 nitrogen and oxygen atoms in total. The third-order valence-corrected chi connectivity index (χ3v) is 4.50. The van der Waals surface area contributed by atoms with E-state index in [1.165, 1.54) is 32.1 Å². The van der Waals surface area contributed by atoms with Crippen LogP contribution in [-0.2, 0) is 0 Å². The van der Waals surface area contributed by atoms with Gasteiger partial charge in [-0.3, -0.25) is 4.79 Å². The highest BCUT2D eigenvalue weighted by Crippen LogP contribution is 2.29. The van der Waals surface area contributed by atoms with Crippen molar-refractivity contribution >= 4 is 23.2 Å². The molecule has 4 heteroatoms. The van der Waals surface area contributed by atoms with E-state index in [1.807, 2.05) is 12.1 Å². The number of nitrogens with one attached hydrogen (secondary N) is 2. The van der Waals surface area contributed by atoms with Gasteiger partial charge in [-0.05, 0) is 37.0 Å². The summed E-state index contributed by atoms with van der Waals surface area (Å²) in [6.45, 7) is 2.26. The molecule has 0 spiro atoms. The lowest BCUT2D eigenvalue weighted by Crippen LogP contribution is -2.27. The van der Waals surface area contributed by atoms with Gasteiger partial charge in [0, 0.05) is 18.8 Å². The molecule has 2 atom stereocenters. The zero-order valence-corrected chi connectivity index (χ0v) is 13.0. The number of rotatable bonds is 4. The summed E-state index contributed by atoms with van der Waals surface area (Å²) in [5.41, 5.74) is 1.51. The smallest absolute Gasteiger partial charge is 0.252 e. The Kier molecular flexibility index (Phi) is 5.30. The van der Waals surface area contributed by atoms with Crippen molar-refractivity contribution in [2.75, 3.05) is 12.4 Å². The Balaban J connectivity index is 2.07. The van der Waals surface area contributed by atoms with E-state index in [4.69, 9.17) is 11.6 Å². The first-order valence-corrected chi connectivity index (χ1v) is 7.80. The maximum Gasteiger partial charge on any atom is 0.252 e. The van der Waals surface area contributed by atoms with Gasteiger partial charge in [0.2, 0.25) is 0 Å². The lowest BCUT2D eigenvalue weighted by molar-refractivity contribution is 0.0963. The number of anilines is 1. The van der Waals surface area contributed by atoms with Gasteiger partial charge in [-0.1, -0.05) is 37.8 Å². The van der Waals surface area contributed by atoms with E-state index < -0.39 is 0 Å². The molecular weight excluding hydrogens is 272 g/mol. The second-order valence-corrected chi connectivity index (χ2v) is 5.96. The average molecular weight is 295 g/mol. The molecule has 1 amide bonds. The van der Waals surface area contributed by atoms with Crippen LogP contribution in [0.4, 0.5) is 5.69 Å². The van der Waals surface area contributed by atoms with Crippen molar-refractivity contribution in [2.24, 2.45) is 5.92 Å². The molecule has 0 aromatic heterocycles. The van der Waals surface area contributed by atoms with Crippen LogP contribution in [0.5, 0.6) is 0 Å². The molecule has 2 rings (SSSR count). The Morgan fingerprint density at radius 3 is 2.90 bits per heavy atom. The molecule has 20 heavy (non-hydrogen) atoms. The van der Waals surface area contributed by atoms with E-state index in [0.717, 1.165) is 11.6 Å². The van der Waals surface area contributed by atoms with E-state index in [2.05, 4.69) is 17.6 Å². The van der Waals surface area contributed by atoms with Crippen molar-refractivity contribution in [3.63, 3.8) is 0 Å². The molecule has 1 aliphatic carbocycles. The predicted octanol–water partition coefficient (Wildman–Crippen LogP) is 4.08. The van der Waals surface area contributed by atoms with E-state index in [1.54, 1.807) is 13.1 Å². The number of benzene rings is 1. The minimum Gasteiger partial charge on any atom is -0.382 e. The lowest BCUT2D eigenvalue weighted by Gasteiger charge is -2.30. The fourth-order valence-electron chi connectivity index (χ4n) is 2.95. The Labute approximate surface area is 126 Å². The SMILES string of the molecule is CCC1CCCC(Nc2ccc(Cl)c(C(=O)NC)c2)C1. The largest absolute Gasteiger partial charge is 0.382 e. The Morgan fingerprint density at radius 2 is 2.20 bits per heavy atom. The molecular formula is C16H23ClN2O. The van der Waals surface area contributed by atoms with E-state index in [0.29, 0.717) is 16.6 Å². The van der Waals surface area contributed by atoms with Gasteiger partial charge in [0.15, 0.2) is 0 Å². The van der Waals surface area contributed by atoms with Gasteiger partial charge >= 0.3 is 0 Å². The standard InChI is InChI=1S/C16H23ClN2O/c1-3-11-5-4-6-12(9-11)19-13-7-8-15(17)14(10-13)16(20)18-2/h7-8,10-12,19H,3-6,9H2,1-2H3,(H,18,20). The minimum absolute atomic E-state index is 0.145. The van der Waals surface area contributed by atoms with E-state index in [9.17, 15) is 4.79 Å². The first-order chi connectivity index (χ1) is 9.63. The van der Waals surface area contributed by atoms with Gasteiger partial charge in [0.05, 0.1) is 10.6 Å². The summed E-state index contributed by atoms with van der Waals surface area (Å²) in [4.78, 5) is 11.8. The van der Waals surface area contributed by atoms with Crippen LogP contribution in [0, 0.1) is 5.92 Å². The molecule has 2 N–H and O–H groups in total. The predicted molar refractivity (Wildman–Crippen MR) is 84.5 cm³/mol. The zero-order valence-electron chi connectivity index (χ0n) is 12.2. The molecule has 0 heterocycles. The van der Waals surface area contributed by atoms with Crippen LogP contribution >= 0.6 is 11.6 Å². The average Bonchev–Trinajstić information content (AvgIpc) is 2.48. The molecule has 1 aromatic carbocycles. The van der Waals surface area contributed by atoms with Crippen LogP contribution in [0.15, 0.2) is 18.2 Å². The number of carbonyl (C=O) groups excluding carboxylic acids is 1. The summed E-state index contributed by atoms with van der Waals surface area (Å²) < 4.78 is 0. The third kappa shape index (κ3) is 3.66. The van der Waals surface area contributed by atoms with Gasteiger partial charge in [0.1, 0.15) is 0 Å². The van der Waals surface area contributed by atoms with E-state index in [-0.39, 0.29) is 5.91 Å². The van der Waals surface area contributed by atoms with Crippen LogP contribution in [-0.4, -0.2) is 19.0 Å². The normalized spacial score (nSPS) is 22.4. The van der Waals surface area contributed by atoms with Crippen LogP contribution in [0.3, 0.4) is 0 Å². The number of hydrogen-bond donors (Lipinski definition) is 2. The first kappa shape index (κ1) is 15.2. The minimum atomic E-state index is -0.145. The van der Waals surface area contributed by atoms with Crippen LogP contribution in [0.1, 0.15) is 49.4 Å². The second-order valence-electron chi connectivity index (χ2n) is 5.56. The highest BCUT2D eigenvalue weighted by Gasteiger charge is 2.21. The number of halogens is 1. The molecule has 0 radical (unpaired) electrons. The fraction of sp³-hybridized carbons (Fsp3) is 0.562. The maximum atomic E-state index is 11.8. The highest BCUT2D eigenvalue weighted by molar-refractivity contribution is 6.34. The maximum absolute atomic E-state index is 11.8. The molecule has 1 aliphatic rings. The summed E-state index contributed by atoms with van der Waals surface area (Å²) in [6.07, 6.45) is 6.30. The monoisotopic (exact) mass is 294 g/mol. The quantitative estimate of drug-likeness (QED) is 0.878. The molecule has 2 unspecified atom stereocenters. The van der Waals surface area contributed by atoms with Crippen LogP contribution in [0.25, 0.3) is 0 Å². The second kappa shape index (κ2) is 6.98. The molecule has 0 aliphatic heterocycles. The summed E-state index contributed by atoms with van der Waals surface area (Å²) in [5.74, 6) is 0.681. The lowest BCUT2D eigenvalue weighted by atomic mass is 9.84. The molecule has 1 saturated carbocycles. The van der Waals surface area contributed by atoms with Gasteiger partial charge in [-0.2, -0.15) is 0 Å². The van der Waals surface area contributed by atoms with Crippen LogP contribution in [0.2, 0.25) is 5.02 Å². The van der Waals surface area contributed by atoms with Gasteiger partial charge in [0.25, 0.3) is 5.91 Å². The first-order valence-electron chi connectivity index (χ1n) is 7.42. The summed E-state index contributed by atoms with van der Waals surface area (Å²) in [5, 5.41) is 6.66. The van der Waals surface area contributed by atoms with Gasteiger partial charge in [-0.25, -0.2) is 0 Å². The van der Waals surface area contributed by atoms with Gasteiger partial charge < -0.3 is 10.6 Å². The molecule has 1 fully saturated rings. The van der Waals surface area contributed by atoms with Crippen molar-refractivity contribution < 1.29 is 4.79 Å². The topological polar surface area (TPSA) is 41.1 Å². The molecule has 0 bridgehead atoms. The zero-order chi connectivity index (χ0) is 14.5. The van der Waals surface area contributed by atoms with Crippen molar-refractivity contribution in [1.29, 1.82) is 0 Å². The molecule has 110 valence electrons. The van der Waals surface area contributed by atoms with Gasteiger partial charge in [-0.15, -0.1) is 0 Å². The van der Waals surface area contributed by atoms with Crippen molar-refractivity contribution in [3.8, 4) is 0 Å². The van der Waals surface area contributed by atoms with Crippen molar-refractivity contribution in [1.82, 2.24) is 5.32 Å². The molecule has 1 aromatic rings. The Bertz CT molecular complexity index is 476. The summed E-state index contributed by atoms with van der Waals surface area (Å²) in [6, 6.07) is 6.09. The summed E-state index contributed by atoms with van der Waals surface area (Å²) in [7, 11) is 1.62. The number of carbonyl (C=O) groups is 1. The Morgan fingerprint density at radius 1 is 1.40 bits per heavy atom. The fourth-order valence-corrected chi connectivity index (χ4v) is 3.16. The van der Waals surface area contributed by atoms with E-state index >= 15 is 0 Å². The number of amides is 1. The number of hydrogen-bond acceptors (Lipinski definition) is 2. The molecule has 0 saturated heterocycles. The van der Waals surface area contributed by atoms with Crippen LogP contribution < -0.4 is 10.6 Å². The Hall–Kier alpha value is -1.22. The summed E-state index contributed by atoms with van der Waals surface area (Å²) >= 11 is 6.07. The third-order valence-electron chi connectivity index (χ3n) is 4.17. The highest BCUT2D eigenvalue weighted by atomic mass is 35.5.